The van der Waals surface area contributed by atoms with Crippen molar-refractivity contribution < 1.29 is 18.4 Å². The van der Waals surface area contributed by atoms with Crippen molar-refractivity contribution in [2.24, 2.45) is 0 Å². The zero-order chi connectivity index (χ0) is 17.8. The predicted octanol–water partition coefficient (Wildman–Crippen LogP) is 3.51. The second kappa shape index (κ2) is 7.74. The van der Waals surface area contributed by atoms with Crippen LogP contribution in [-0.4, -0.2) is 29.8 Å². The smallest absolute Gasteiger partial charge is 0.254 e. The Hall–Kier alpha value is -2.28. The first-order chi connectivity index (χ1) is 12.1. The van der Waals surface area contributed by atoms with Gasteiger partial charge in [-0.2, -0.15) is 0 Å². The summed E-state index contributed by atoms with van der Waals surface area (Å²) in [7, 11) is 0. The molecule has 2 heterocycles. The summed E-state index contributed by atoms with van der Waals surface area (Å²) in [6, 6.07) is 6.89. The van der Waals surface area contributed by atoms with Crippen molar-refractivity contribution in [2.75, 3.05) is 13.1 Å². The monoisotopic (exact) mass is 364 g/mol. The quantitative estimate of drug-likeness (QED) is 0.883. The number of benzene rings is 1. The summed E-state index contributed by atoms with van der Waals surface area (Å²) in [6.45, 7) is 0.823. The van der Waals surface area contributed by atoms with E-state index in [1.807, 2.05) is 22.4 Å². The number of halogens is 2. The lowest BCUT2D eigenvalue weighted by atomic mass is 10.1. The topological polar surface area (TPSA) is 49.4 Å². The molecule has 1 unspecified atom stereocenters. The van der Waals surface area contributed by atoms with Crippen molar-refractivity contribution in [3.63, 3.8) is 0 Å². The molecule has 4 nitrogen and oxygen atoms in total. The highest BCUT2D eigenvalue weighted by atomic mass is 32.1. The first kappa shape index (κ1) is 17.5. The molecule has 1 atom stereocenters. The molecule has 2 aromatic rings. The number of amides is 2. The fourth-order valence-corrected chi connectivity index (χ4v) is 3.91. The van der Waals surface area contributed by atoms with Crippen LogP contribution in [-0.2, 0) is 4.79 Å². The highest BCUT2D eigenvalue weighted by Crippen LogP contribution is 2.34. The van der Waals surface area contributed by atoms with Crippen LogP contribution in [0.5, 0.6) is 0 Å². The summed E-state index contributed by atoms with van der Waals surface area (Å²) in [5.74, 6) is -2.34. The Balaban J connectivity index is 1.53. The minimum absolute atomic E-state index is 0.0317. The minimum atomic E-state index is -0.916. The third kappa shape index (κ3) is 4.04. The van der Waals surface area contributed by atoms with Crippen molar-refractivity contribution in [3.8, 4) is 0 Å². The van der Waals surface area contributed by atoms with E-state index in [0.29, 0.717) is 12.6 Å². The highest BCUT2D eigenvalue weighted by Gasteiger charge is 2.30. The predicted molar refractivity (Wildman–Crippen MR) is 91.3 cm³/mol. The van der Waals surface area contributed by atoms with Crippen LogP contribution in [0.25, 0.3) is 0 Å². The summed E-state index contributed by atoms with van der Waals surface area (Å²) in [5, 5.41) is 4.51. The van der Waals surface area contributed by atoms with E-state index >= 15 is 0 Å². The SMILES string of the molecule is O=C(NCCC(=O)N1CCCC1c1cccs1)c1ccc(F)cc1F. The van der Waals surface area contributed by atoms with E-state index in [2.05, 4.69) is 5.32 Å². The molecule has 0 saturated carbocycles. The van der Waals surface area contributed by atoms with Gasteiger partial charge in [0.15, 0.2) is 0 Å². The zero-order valence-electron chi connectivity index (χ0n) is 13.5. The van der Waals surface area contributed by atoms with Crippen LogP contribution in [0.3, 0.4) is 0 Å². The van der Waals surface area contributed by atoms with Crippen molar-refractivity contribution in [3.05, 3.63) is 57.8 Å². The summed E-state index contributed by atoms with van der Waals surface area (Å²) in [6.07, 6.45) is 2.05. The van der Waals surface area contributed by atoms with Gasteiger partial charge in [0.2, 0.25) is 5.91 Å². The molecule has 1 N–H and O–H groups in total. The maximum atomic E-state index is 13.6. The molecule has 0 bridgehead atoms. The fourth-order valence-electron chi connectivity index (χ4n) is 3.04. The van der Waals surface area contributed by atoms with Gasteiger partial charge in [0.25, 0.3) is 5.91 Å². The standard InChI is InChI=1S/C18H18F2N2O2S/c19-12-5-6-13(14(20)11-12)18(24)21-8-7-17(23)22-9-1-3-15(22)16-4-2-10-25-16/h2,4-6,10-11,15H,1,3,7-9H2,(H,21,24). The first-order valence-electron chi connectivity index (χ1n) is 8.12. The van der Waals surface area contributed by atoms with E-state index in [0.717, 1.165) is 25.0 Å². The van der Waals surface area contributed by atoms with Crippen molar-refractivity contribution in [1.82, 2.24) is 10.2 Å². The molecule has 1 aromatic carbocycles. The number of carbonyl (C=O) groups is 2. The van der Waals surface area contributed by atoms with E-state index in [1.165, 1.54) is 4.88 Å². The lowest BCUT2D eigenvalue weighted by molar-refractivity contribution is -0.131. The lowest BCUT2D eigenvalue weighted by Gasteiger charge is -2.24. The van der Waals surface area contributed by atoms with E-state index in [4.69, 9.17) is 0 Å². The second-order valence-corrected chi connectivity index (χ2v) is 6.87. The number of hydrogen-bond donors (Lipinski definition) is 1. The lowest BCUT2D eigenvalue weighted by Crippen LogP contribution is -2.34. The van der Waals surface area contributed by atoms with Gasteiger partial charge in [-0.1, -0.05) is 6.07 Å². The zero-order valence-corrected chi connectivity index (χ0v) is 14.3. The van der Waals surface area contributed by atoms with Crippen LogP contribution in [0.4, 0.5) is 8.78 Å². The van der Waals surface area contributed by atoms with Crippen LogP contribution < -0.4 is 5.32 Å². The molecule has 25 heavy (non-hydrogen) atoms. The number of thiophene rings is 1. The molecular formula is C18H18F2N2O2S. The average Bonchev–Trinajstić information content (AvgIpc) is 3.25. The Morgan fingerprint density at radius 2 is 2.12 bits per heavy atom. The number of nitrogens with one attached hydrogen (secondary N) is 1. The van der Waals surface area contributed by atoms with Gasteiger partial charge >= 0.3 is 0 Å². The Labute approximate surface area is 148 Å². The Bertz CT molecular complexity index is 764. The van der Waals surface area contributed by atoms with Crippen LogP contribution in [0, 0.1) is 11.6 Å². The van der Waals surface area contributed by atoms with Gasteiger partial charge in [0.05, 0.1) is 11.6 Å². The number of carbonyl (C=O) groups excluding carboxylic acids is 2. The molecule has 2 amide bonds. The van der Waals surface area contributed by atoms with Gasteiger partial charge in [0.1, 0.15) is 11.6 Å². The molecule has 1 saturated heterocycles. The van der Waals surface area contributed by atoms with Crippen LogP contribution in [0.2, 0.25) is 0 Å². The molecule has 0 spiro atoms. The fraction of sp³-hybridized carbons (Fsp3) is 0.333. The molecule has 7 heteroatoms. The van der Waals surface area contributed by atoms with E-state index in [-0.39, 0.29) is 30.5 Å². The Morgan fingerprint density at radius 1 is 1.28 bits per heavy atom. The summed E-state index contributed by atoms with van der Waals surface area (Å²) >= 11 is 1.63. The van der Waals surface area contributed by atoms with E-state index < -0.39 is 17.5 Å². The van der Waals surface area contributed by atoms with Gasteiger partial charge in [-0.25, -0.2) is 8.78 Å². The van der Waals surface area contributed by atoms with Crippen molar-refractivity contribution in [2.45, 2.75) is 25.3 Å². The molecule has 0 aliphatic carbocycles. The summed E-state index contributed by atoms with van der Waals surface area (Å²) in [4.78, 5) is 27.4. The molecule has 0 radical (unpaired) electrons. The molecule has 1 aliphatic heterocycles. The van der Waals surface area contributed by atoms with Gasteiger partial charge in [0, 0.05) is 30.5 Å². The molecule has 3 rings (SSSR count). The highest BCUT2D eigenvalue weighted by molar-refractivity contribution is 7.10. The maximum absolute atomic E-state index is 13.6. The van der Waals surface area contributed by atoms with E-state index in [1.54, 1.807) is 11.3 Å². The number of rotatable bonds is 5. The number of nitrogens with zero attached hydrogens (tertiary/aromatic N) is 1. The maximum Gasteiger partial charge on any atom is 0.254 e. The van der Waals surface area contributed by atoms with Crippen LogP contribution in [0.1, 0.15) is 40.5 Å². The normalized spacial score (nSPS) is 16.9. The number of hydrogen-bond acceptors (Lipinski definition) is 3. The Kier molecular flexibility index (Phi) is 5.43. The molecule has 1 fully saturated rings. The van der Waals surface area contributed by atoms with E-state index in [9.17, 15) is 18.4 Å². The van der Waals surface area contributed by atoms with Gasteiger partial charge < -0.3 is 10.2 Å². The Morgan fingerprint density at radius 3 is 2.84 bits per heavy atom. The second-order valence-electron chi connectivity index (χ2n) is 5.89. The summed E-state index contributed by atoms with van der Waals surface area (Å²) in [5.41, 5.74) is -0.230. The van der Waals surface area contributed by atoms with Gasteiger partial charge in [-0.3, -0.25) is 9.59 Å². The van der Waals surface area contributed by atoms with Gasteiger partial charge in [-0.15, -0.1) is 11.3 Å². The molecule has 1 aromatic heterocycles. The molecule has 1 aliphatic rings. The molecular weight excluding hydrogens is 346 g/mol. The minimum Gasteiger partial charge on any atom is -0.351 e. The molecule has 132 valence electrons. The summed E-state index contributed by atoms with van der Waals surface area (Å²) < 4.78 is 26.4. The number of likely N-dealkylation sites (tertiary alicyclic amines) is 1. The largest absolute Gasteiger partial charge is 0.351 e. The van der Waals surface area contributed by atoms with Crippen LogP contribution >= 0.6 is 11.3 Å². The van der Waals surface area contributed by atoms with Crippen LogP contribution in [0.15, 0.2) is 35.7 Å². The van der Waals surface area contributed by atoms with Crippen molar-refractivity contribution >= 4 is 23.2 Å². The van der Waals surface area contributed by atoms with Crippen molar-refractivity contribution in [1.29, 1.82) is 0 Å². The third-order valence-electron chi connectivity index (χ3n) is 4.24. The first-order valence-corrected chi connectivity index (χ1v) is 9.00. The third-order valence-corrected chi connectivity index (χ3v) is 5.22. The average molecular weight is 364 g/mol. The van der Waals surface area contributed by atoms with Gasteiger partial charge in [-0.05, 0) is 36.4 Å².